The van der Waals surface area contributed by atoms with Gasteiger partial charge in [-0.3, -0.25) is 0 Å². The highest BCUT2D eigenvalue weighted by Gasteiger charge is 2.36. The van der Waals surface area contributed by atoms with Gasteiger partial charge in [-0.1, -0.05) is 41.9 Å². The third-order valence-electron chi connectivity index (χ3n) is 6.87. The minimum Gasteiger partial charge on any atom is -0.497 e. The second-order valence-corrected chi connectivity index (χ2v) is 9.62. The minimum atomic E-state index is -0.364. The van der Waals surface area contributed by atoms with Crippen LogP contribution in [0.1, 0.15) is 28.6 Å². The topological polar surface area (TPSA) is 64.3 Å². The van der Waals surface area contributed by atoms with Crippen LogP contribution in [0.2, 0.25) is 5.02 Å². The molecule has 0 aliphatic carbocycles. The van der Waals surface area contributed by atoms with Crippen molar-refractivity contribution in [3.8, 4) is 17.3 Å². The number of ether oxygens (including phenoxy) is 1. The summed E-state index contributed by atoms with van der Waals surface area (Å²) in [7, 11) is 1.62. The van der Waals surface area contributed by atoms with E-state index in [2.05, 4.69) is 16.0 Å². The number of hydrogen-bond acceptors (Lipinski definition) is 3. The summed E-state index contributed by atoms with van der Waals surface area (Å²) in [4.78, 5) is 15.8. The van der Waals surface area contributed by atoms with Crippen molar-refractivity contribution < 1.29 is 9.53 Å². The summed E-state index contributed by atoms with van der Waals surface area (Å²) in [6, 6.07) is 28.5. The molecule has 0 fully saturated rings. The first-order valence-corrected chi connectivity index (χ1v) is 12.7. The Kier molecular flexibility index (Phi) is 6.13. The Bertz CT molecular complexity index is 1590. The Balaban J connectivity index is 1.50. The maximum atomic E-state index is 14.0. The van der Waals surface area contributed by atoms with Crippen molar-refractivity contribution >= 4 is 23.3 Å². The molecule has 1 unspecified atom stereocenters. The van der Waals surface area contributed by atoms with Crippen LogP contribution in [-0.4, -0.2) is 32.4 Å². The molecule has 0 bridgehead atoms. The van der Waals surface area contributed by atoms with Crippen LogP contribution in [0.3, 0.4) is 0 Å². The van der Waals surface area contributed by atoms with Crippen molar-refractivity contribution in [3.63, 3.8) is 0 Å². The number of rotatable bonds is 4. The zero-order valence-electron chi connectivity index (χ0n) is 21.0. The van der Waals surface area contributed by atoms with Gasteiger partial charge in [0.05, 0.1) is 36.8 Å². The molecule has 3 aromatic carbocycles. The zero-order valence-corrected chi connectivity index (χ0v) is 21.8. The molecule has 8 heteroatoms. The second kappa shape index (κ2) is 9.76. The van der Waals surface area contributed by atoms with Crippen LogP contribution in [0.15, 0.2) is 97.2 Å². The van der Waals surface area contributed by atoms with Gasteiger partial charge in [-0.05, 0) is 73.2 Å². The number of para-hydroxylation sites is 1. The molecule has 1 N–H and O–H groups in total. The van der Waals surface area contributed by atoms with Crippen LogP contribution >= 0.6 is 11.6 Å². The number of hydrogen-bond donors (Lipinski definition) is 1. The average molecular weight is 524 g/mol. The van der Waals surface area contributed by atoms with Gasteiger partial charge in [0.15, 0.2) is 0 Å². The smallest absolute Gasteiger partial charge is 0.322 e. The first-order valence-electron chi connectivity index (χ1n) is 12.3. The number of aryl methyl sites for hydroxylation is 1. The Hall–Kier alpha value is -4.49. The van der Waals surface area contributed by atoms with E-state index in [0.717, 1.165) is 39.8 Å². The molecule has 0 saturated heterocycles. The van der Waals surface area contributed by atoms with E-state index in [-0.39, 0.29) is 12.1 Å². The SMILES string of the molecule is COc1ccc(NC(=O)N2Cc3c(C)nn(-c4ccccc4)c3-n3cccc3C2c2ccc(Cl)cc2)cc1. The van der Waals surface area contributed by atoms with Crippen LogP contribution in [0.25, 0.3) is 11.5 Å². The van der Waals surface area contributed by atoms with E-state index in [1.165, 1.54) is 0 Å². The standard InChI is InChI=1S/C30H26ClN5O2/c1-20-26-19-35(30(37)32-23-14-16-25(38-2)17-15-23)28(21-10-12-22(31)13-11-21)27-9-6-18-34(27)29(26)36(33-20)24-7-4-3-5-8-24/h3-18,28H,19H2,1-2H3,(H,32,37). The number of anilines is 1. The van der Waals surface area contributed by atoms with Crippen molar-refractivity contribution in [3.05, 3.63) is 125 Å². The first-order chi connectivity index (χ1) is 18.5. The molecule has 5 aromatic rings. The Morgan fingerprint density at radius 1 is 0.974 bits per heavy atom. The van der Waals surface area contributed by atoms with Gasteiger partial charge in [-0.15, -0.1) is 0 Å². The molecule has 1 atom stereocenters. The molecule has 1 aliphatic rings. The maximum absolute atomic E-state index is 14.0. The molecule has 1 aliphatic heterocycles. The van der Waals surface area contributed by atoms with Gasteiger partial charge in [0.2, 0.25) is 0 Å². The summed E-state index contributed by atoms with van der Waals surface area (Å²) in [5, 5.41) is 8.62. The predicted octanol–water partition coefficient (Wildman–Crippen LogP) is 6.77. The third kappa shape index (κ3) is 4.21. The number of halogens is 1. The molecule has 7 nitrogen and oxygen atoms in total. The van der Waals surface area contributed by atoms with Crippen molar-refractivity contribution in [1.29, 1.82) is 0 Å². The quantitative estimate of drug-likeness (QED) is 0.283. The Morgan fingerprint density at radius 3 is 2.42 bits per heavy atom. The summed E-state index contributed by atoms with van der Waals surface area (Å²) in [5.74, 6) is 1.65. The van der Waals surface area contributed by atoms with Gasteiger partial charge in [0, 0.05) is 22.5 Å². The fourth-order valence-corrected chi connectivity index (χ4v) is 5.14. The van der Waals surface area contributed by atoms with Crippen LogP contribution in [0.4, 0.5) is 10.5 Å². The highest BCUT2D eigenvalue weighted by atomic mass is 35.5. The number of urea groups is 1. The van der Waals surface area contributed by atoms with E-state index in [1.54, 1.807) is 7.11 Å². The van der Waals surface area contributed by atoms with E-state index in [0.29, 0.717) is 17.3 Å². The van der Waals surface area contributed by atoms with Crippen molar-refractivity contribution in [2.45, 2.75) is 19.5 Å². The van der Waals surface area contributed by atoms with E-state index in [1.807, 2.05) is 108 Å². The Morgan fingerprint density at radius 2 is 1.71 bits per heavy atom. The first kappa shape index (κ1) is 23.9. The van der Waals surface area contributed by atoms with Gasteiger partial charge in [-0.25, -0.2) is 9.48 Å². The lowest BCUT2D eigenvalue weighted by Crippen LogP contribution is -2.38. The molecule has 0 spiro atoms. The molecule has 38 heavy (non-hydrogen) atoms. The summed E-state index contributed by atoms with van der Waals surface area (Å²) < 4.78 is 9.36. The van der Waals surface area contributed by atoms with Gasteiger partial charge in [0.25, 0.3) is 0 Å². The molecule has 3 heterocycles. The molecular formula is C30H26ClN5O2. The van der Waals surface area contributed by atoms with E-state index < -0.39 is 0 Å². The van der Waals surface area contributed by atoms with Crippen LogP contribution in [-0.2, 0) is 6.54 Å². The molecule has 6 rings (SSSR count). The molecule has 190 valence electrons. The monoisotopic (exact) mass is 523 g/mol. The normalized spacial score (nSPS) is 14.4. The highest BCUT2D eigenvalue weighted by Crippen LogP contribution is 2.39. The van der Waals surface area contributed by atoms with E-state index in [9.17, 15) is 4.79 Å². The summed E-state index contributed by atoms with van der Waals surface area (Å²) in [5.41, 5.74) is 5.39. The lowest BCUT2D eigenvalue weighted by molar-refractivity contribution is 0.194. The van der Waals surface area contributed by atoms with Crippen LogP contribution in [0.5, 0.6) is 5.75 Å². The van der Waals surface area contributed by atoms with Gasteiger partial charge < -0.3 is 19.5 Å². The Labute approximate surface area is 225 Å². The number of nitrogens with one attached hydrogen (secondary N) is 1. The number of benzene rings is 3. The lowest BCUT2D eigenvalue weighted by atomic mass is 10.0. The predicted molar refractivity (Wildman–Crippen MR) is 148 cm³/mol. The largest absolute Gasteiger partial charge is 0.497 e. The minimum absolute atomic E-state index is 0.220. The van der Waals surface area contributed by atoms with Gasteiger partial charge in [-0.2, -0.15) is 5.10 Å². The molecular weight excluding hydrogens is 498 g/mol. The third-order valence-corrected chi connectivity index (χ3v) is 7.13. The summed E-state index contributed by atoms with van der Waals surface area (Å²) in [6.45, 7) is 2.36. The number of methoxy groups -OCH3 is 1. The second-order valence-electron chi connectivity index (χ2n) is 9.18. The average Bonchev–Trinajstić information content (AvgIpc) is 3.50. The number of amides is 2. The number of nitrogens with zero attached hydrogens (tertiary/aromatic N) is 4. The summed E-state index contributed by atoms with van der Waals surface area (Å²) in [6.07, 6.45) is 2.03. The van der Waals surface area contributed by atoms with Crippen LogP contribution in [0, 0.1) is 6.92 Å². The molecule has 2 amide bonds. The van der Waals surface area contributed by atoms with Crippen molar-refractivity contribution in [2.75, 3.05) is 12.4 Å². The zero-order chi connectivity index (χ0) is 26.2. The van der Waals surface area contributed by atoms with E-state index >= 15 is 0 Å². The van der Waals surface area contributed by atoms with Crippen molar-refractivity contribution in [1.82, 2.24) is 19.2 Å². The van der Waals surface area contributed by atoms with Gasteiger partial charge >= 0.3 is 6.03 Å². The highest BCUT2D eigenvalue weighted by molar-refractivity contribution is 6.30. The van der Waals surface area contributed by atoms with Gasteiger partial charge in [0.1, 0.15) is 11.6 Å². The number of carbonyl (C=O) groups is 1. The van der Waals surface area contributed by atoms with Crippen LogP contribution < -0.4 is 10.1 Å². The number of carbonyl (C=O) groups excluding carboxylic acids is 1. The molecule has 0 saturated carbocycles. The fourth-order valence-electron chi connectivity index (χ4n) is 5.01. The number of fused-ring (bicyclic) bond motifs is 3. The molecule has 2 aromatic heterocycles. The maximum Gasteiger partial charge on any atom is 0.322 e. The van der Waals surface area contributed by atoms with Crippen molar-refractivity contribution in [2.24, 2.45) is 0 Å². The van der Waals surface area contributed by atoms with E-state index in [4.69, 9.17) is 21.4 Å². The summed E-state index contributed by atoms with van der Waals surface area (Å²) >= 11 is 6.24. The lowest BCUT2D eigenvalue weighted by Gasteiger charge is -2.31. The molecule has 0 radical (unpaired) electrons. The fraction of sp³-hybridized carbons (Fsp3) is 0.133. The number of aromatic nitrogens is 3.